The lowest BCUT2D eigenvalue weighted by molar-refractivity contribution is 1.02. The second-order valence-electron chi connectivity index (χ2n) is 4.48. The van der Waals surface area contributed by atoms with Crippen molar-refractivity contribution in [2.24, 2.45) is 10.8 Å². The first-order chi connectivity index (χ1) is 10.3. The van der Waals surface area contributed by atoms with E-state index in [1.807, 2.05) is 60.7 Å². The van der Waals surface area contributed by atoms with Crippen molar-refractivity contribution >= 4 is 28.2 Å². The number of anilines is 1. The first-order valence-corrected chi connectivity index (χ1v) is 6.57. The second kappa shape index (κ2) is 6.02. The molecule has 21 heavy (non-hydrogen) atoms. The van der Waals surface area contributed by atoms with Crippen LogP contribution in [0.15, 0.2) is 71.9 Å². The zero-order valence-electron chi connectivity index (χ0n) is 11.3. The topological polar surface area (TPSA) is 75.3 Å². The number of aromatic nitrogens is 1. The third-order valence-electron chi connectivity index (χ3n) is 2.99. The number of fused-ring (bicyclic) bond motifs is 1. The van der Waals surface area contributed by atoms with Gasteiger partial charge in [0, 0.05) is 5.39 Å². The van der Waals surface area contributed by atoms with Crippen LogP contribution in [-0.4, -0.2) is 10.9 Å². The third kappa shape index (κ3) is 3.16. The largest absolute Gasteiger partial charge is 0.324 e. The normalized spacial score (nSPS) is 11.4. The van der Waals surface area contributed by atoms with Crippen LogP contribution in [0.5, 0.6) is 0 Å². The highest BCUT2D eigenvalue weighted by Gasteiger charge is 2.01. The molecule has 104 valence electrons. The van der Waals surface area contributed by atoms with Crippen molar-refractivity contribution in [3.05, 3.63) is 66.9 Å². The smallest absolute Gasteiger partial charge is 0.215 e. The van der Waals surface area contributed by atoms with E-state index in [0.717, 1.165) is 22.3 Å². The lowest BCUT2D eigenvalue weighted by atomic mass is 10.2. The molecular weight excluding hydrogens is 262 g/mol. The summed E-state index contributed by atoms with van der Waals surface area (Å²) in [5.41, 5.74) is 5.14. The number of nitrogens with two attached hydrogens (primary N) is 1. The van der Waals surface area contributed by atoms with Gasteiger partial charge in [-0.05, 0) is 24.3 Å². The number of hydrazine groups is 1. The average molecular weight is 277 g/mol. The summed E-state index contributed by atoms with van der Waals surface area (Å²) in [4.78, 5) is 8.78. The molecule has 0 saturated carbocycles. The molecule has 1 heterocycles. The Morgan fingerprint density at radius 1 is 1.00 bits per heavy atom. The molecule has 0 fully saturated rings. The summed E-state index contributed by atoms with van der Waals surface area (Å²) < 4.78 is 0. The highest BCUT2D eigenvalue weighted by atomic mass is 15.3. The quantitative estimate of drug-likeness (QED) is 0.291. The van der Waals surface area contributed by atoms with Gasteiger partial charge in [0.05, 0.1) is 23.1 Å². The van der Waals surface area contributed by atoms with E-state index >= 15 is 0 Å². The van der Waals surface area contributed by atoms with E-state index in [1.54, 1.807) is 6.20 Å². The monoisotopic (exact) mass is 277 g/mol. The SMILES string of the molecule is NNC(=Nc1ccccc1)Nc1cnc2ccccc2c1. The van der Waals surface area contributed by atoms with Crippen LogP contribution in [0.1, 0.15) is 0 Å². The molecule has 0 aliphatic rings. The van der Waals surface area contributed by atoms with E-state index in [2.05, 4.69) is 20.7 Å². The van der Waals surface area contributed by atoms with Crippen molar-refractivity contribution in [1.82, 2.24) is 10.4 Å². The Morgan fingerprint density at radius 3 is 2.57 bits per heavy atom. The molecule has 0 atom stereocenters. The molecule has 1 aromatic heterocycles. The second-order valence-corrected chi connectivity index (χ2v) is 4.48. The number of pyridine rings is 1. The summed E-state index contributed by atoms with van der Waals surface area (Å²) in [6, 6.07) is 19.5. The minimum Gasteiger partial charge on any atom is -0.324 e. The molecule has 4 N–H and O–H groups in total. The summed E-state index contributed by atoms with van der Waals surface area (Å²) in [7, 11) is 0. The molecule has 3 aromatic rings. The van der Waals surface area contributed by atoms with Crippen LogP contribution in [0, 0.1) is 0 Å². The lowest BCUT2D eigenvalue weighted by Gasteiger charge is -2.09. The maximum Gasteiger partial charge on any atom is 0.215 e. The van der Waals surface area contributed by atoms with E-state index < -0.39 is 0 Å². The van der Waals surface area contributed by atoms with Gasteiger partial charge in [-0.2, -0.15) is 0 Å². The van der Waals surface area contributed by atoms with Crippen molar-refractivity contribution in [2.45, 2.75) is 0 Å². The van der Waals surface area contributed by atoms with Gasteiger partial charge >= 0.3 is 0 Å². The zero-order valence-corrected chi connectivity index (χ0v) is 11.3. The van der Waals surface area contributed by atoms with Crippen molar-refractivity contribution in [2.75, 3.05) is 5.32 Å². The van der Waals surface area contributed by atoms with Crippen LogP contribution in [0.25, 0.3) is 10.9 Å². The van der Waals surface area contributed by atoms with E-state index in [0.29, 0.717) is 5.96 Å². The zero-order chi connectivity index (χ0) is 14.5. The van der Waals surface area contributed by atoms with Crippen LogP contribution in [0.4, 0.5) is 11.4 Å². The van der Waals surface area contributed by atoms with Crippen LogP contribution in [0.3, 0.4) is 0 Å². The maximum absolute atomic E-state index is 5.52. The van der Waals surface area contributed by atoms with Gasteiger partial charge in [0.1, 0.15) is 0 Å². The molecule has 0 saturated heterocycles. The molecule has 0 radical (unpaired) electrons. The van der Waals surface area contributed by atoms with Gasteiger partial charge in [-0.1, -0.05) is 36.4 Å². The molecule has 3 rings (SSSR count). The van der Waals surface area contributed by atoms with Gasteiger partial charge in [-0.3, -0.25) is 10.4 Å². The molecule has 0 aliphatic carbocycles. The molecule has 0 spiro atoms. The van der Waals surface area contributed by atoms with Gasteiger partial charge in [-0.25, -0.2) is 10.8 Å². The van der Waals surface area contributed by atoms with Gasteiger partial charge in [0.25, 0.3) is 0 Å². The number of benzene rings is 2. The number of nitrogens with one attached hydrogen (secondary N) is 2. The number of aliphatic imine (C=N–C) groups is 1. The minimum atomic E-state index is 0.457. The van der Waals surface area contributed by atoms with Gasteiger partial charge < -0.3 is 5.32 Å². The Morgan fingerprint density at radius 2 is 1.76 bits per heavy atom. The predicted octanol–water partition coefficient (Wildman–Crippen LogP) is 2.80. The van der Waals surface area contributed by atoms with Gasteiger partial charge in [0.15, 0.2) is 0 Å². The first-order valence-electron chi connectivity index (χ1n) is 6.57. The Bertz CT molecular complexity index is 768. The average Bonchev–Trinajstić information content (AvgIpc) is 2.55. The van der Waals surface area contributed by atoms with Gasteiger partial charge in [0.2, 0.25) is 5.96 Å². The number of nitrogens with zero attached hydrogens (tertiary/aromatic N) is 2. The fraction of sp³-hybridized carbons (Fsp3) is 0. The molecule has 0 unspecified atom stereocenters. The van der Waals surface area contributed by atoms with Crippen LogP contribution >= 0.6 is 0 Å². The van der Waals surface area contributed by atoms with Crippen LogP contribution in [-0.2, 0) is 0 Å². The molecule has 0 bridgehead atoms. The number of hydrogen-bond donors (Lipinski definition) is 3. The summed E-state index contributed by atoms with van der Waals surface area (Å²) in [6.45, 7) is 0. The lowest BCUT2D eigenvalue weighted by Crippen LogP contribution is -2.36. The van der Waals surface area contributed by atoms with E-state index in [9.17, 15) is 0 Å². The Balaban J connectivity index is 1.87. The molecule has 0 amide bonds. The predicted molar refractivity (Wildman–Crippen MR) is 86.2 cm³/mol. The van der Waals surface area contributed by atoms with E-state index in [-0.39, 0.29) is 0 Å². The minimum absolute atomic E-state index is 0.457. The number of hydrogen-bond acceptors (Lipinski definition) is 3. The van der Waals surface area contributed by atoms with Crippen molar-refractivity contribution < 1.29 is 0 Å². The molecule has 5 nitrogen and oxygen atoms in total. The summed E-state index contributed by atoms with van der Waals surface area (Å²) in [5.74, 6) is 5.97. The Labute approximate surface area is 122 Å². The first kappa shape index (κ1) is 13.1. The summed E-state index contributed by atoms with van der Waals surface area (Å²) in [6.07, 6.45) is 1.75. The maximum atomic E-state index is 5.52. The van der Waals surface area contributed by atoms with Crippen molar-refractivity contribution in [3.8, 4) is 0 Å². The molecule has 0 aliphatic heterocycles. The third-order valence-corrected chi connectivity index (χ3v) is 2.99. The van der Waals surface area contributed by atoms with E-state index in [4.69, 9.17) is 5.84 Å². The highest BCUT2D eigenvalue weighted by Crippen LogP contribution is 2.16. The standard InChI is InChI=1S/C16H15N5/c17-21-16(19-13-7-2-1-3-8-13)20-14-10-12-6-4-5-9-15(12)18-11-14/h1-11H,17H2,(H2,19,20,21). The molecule has 2 aromatic carbocycles. The Kier molecular flexibility index (Phi) is 3.75. The number of para-hydroxylation sites is 2. The fourth-order valence-electron chi connectivity index (χ4n) is 2.00. The fourth-order valence-corrected chi connectivity index (χ4v) is 2.00. The molecule has 5 heteroatoms. The van der Waals surface area contributed by atoms with Crippen molar-refractivity contribution in [3.63, 3.8) is 0 Å². The van der Waals surface area contributed by atoms with E-state index in [1.165, 1.54) is 0 Å². The Hall–Kier alpha value is -2.92. The van der Waals surface area contributed by atoms with Crippen LogP contribution in [0.2, 0.25) is 0 Å². The van der Waals surface area contributed by atoms with Crippen LogP contribution < -0.4 is 16.6 Å². The van der Waals surface area contributed by atoms with Crippen molar-refractivity contribution in [1.29, 1.82) is 0 Å². The van der Waals surface area contributed by atoms with Gasteiger partial charge in [-0.15, -0.1) is 0 Å². The number of rotatable bonds is 2. The molecular formula is C16H15N5. The summed E-state index contributed by atoms with van der Waals surface area (Å²) >= 11 is 0. The summed E-state index contributed by atoms with van der Waals surface area (Å²) in [5, 5.41) is 4.17. The number of guanidine groups is 1. The highest BCUT2D eigenvalue weighted by molar-refractivity contribution is 5.96.